The van der Waals surface area contributed by atoms with Crippen molar-refractivity contribution in [3.05, 3.63) is 0 Å². The average molecular weight is 200 g/mol. The second kappa shape index (κ2) is 8.53. The maximum absolute atomic E-state index is 10.8. The second-order valence-electron chi connectivity index (χ2n) is 3.11. The standard InChI is InChI=1S/C10H20N2O2/c1-3-9(13)11-7-5-6-8-12-10(14)4-2/h3-8H2,1-2H3,(H,11,13)(H,12,14). The lowest BCUT2D eigenvalue weighted by Crippen LogP contribution is -2.26. The predicted octanol–water partition coefficient (Wildman–Crippen LogP) is 0.819. The van der Waals surface area contributed by atoms with E-state index in [1.165, 1.54) is 0 Å². The Balaban J connectivity index is 3.14. The largest absolute Gasteiger partial charge is 0.356 e. The zero-order valence-electron chi connectivity index (χ0n) is 9.06. The molecule has 0 aliphatic heterocycles. The van der Waals surface area contributed by atoms with Gasteiger partial charge in [-0.05, 0) is 12.8 Å². The molecule has 0 aromatic heterocycles. The second-order valence-corrected chi connectivity index (χ2v) is 3.11. The van der Waals surface area contributed by atoms with Crippen molar-refractivity contribution in [3.63, 3.8) is 0 Å². The van der Waals surface area contributed by atoms with E-state index in [1.54, 1.807) is 0 Å². The third kappa shape index (κ3) is 7.58. The average Bonchev–Trinajstić information content (AvgIpc) is 2.22. The molecular weight excluding hydrogens is 180 g/mol. The molecule has 4 heteroatoms. The van der Waals surface area contributed by atoms with Crippen LogP contribution in [0.25, 0.3) is 0 Å². The highest BCUT2D eigenvalue weighted by Gasteiger charge is 1.96. The van der Waals surface area contributed by atoms with Gasteiger partial charge in [0.05, 0.1) is 0 Å². The molecule has 0 atom stereocenters. The van der Waals surface area contributed by atoms with E-state index in [2.05, 4.69) is 10.6 Å². The van der Waals surface area contributed by atoms with E-state index in [9.17, 15) is 9.59 Å². The Labute approximate surface area is 85.4 Å². The van der Waals surface area contributed by atoms with Gasteiger partial charge in [-0.25, -0.2) is 0 Å². The van der Waals surface area contributed by atoms with Gasteiger partial charge in [0.1, 0.15) is 0 Å². The van der Waals surface area contributed by atoms with Crippen LogP contribution in [0.15, 0.2) is 0 Å². The third-order valence-corrected chi connectivity index (χ3v) is 1.89. The molecule has 82 valence electrons. The van der Waals surface area contributed by atoms with E-state index in [0.717, 1.165) is 12.8 Å². The SMILES string of the molecule is CCC(=O)NCCCCNC(=O)CC. The van der Waals surface area contributed by atoms with Crippen molar-refractivity contribution in [1.29, 1.82) is 0 Å². The number of amides is 2. The Morgan fingerprint density at radius 1 is 0.857 bits per heavy atom. The summed E-state index contributed by atoms with van der Waals surface area (Å²) < 4.78 is 0. The van der Waals surface area contributed by atoms with Crippen LogP contribution in [0.5, 0.6) is 0 Å². The van der Waals surface area contributed by atoms with Crippen LogP contribution in [0, 0.1) is 0 Å². The van der Waals surface area contributed by atoms with E-state index in [1.807, 2.05) is 13.8 Å². The molecule has 0 unspecified atom stereocenters. The van der Waals surface area contributed by atoms with Crippen LogP contribution in [0.1, 0.15) is 39.5 Å². The smallest absolute Gasteiger partial charge is 0.219 e. The van der Waals surface area contributed by atoms with Crippen LogP contribution in [0.2, 0.25) is 0 Å². The number of carbonyl (C=O) groups excluding carboxylic acids is 2. The van der Waals surface area contributed by atoms with Gasteiger partial charge in [-0.2, -0.15) is 0 Å². The van der Waals surface area contributed by atoms with E-state index in [4.69, 9.17) is 0 Å². The van der Waals surface area contributed by atoms with Gasteiger partial charge in [0.15, 0.2) is 0 Å². The minimum absolute atomic E-state index is 0.0857. The minimum atomic E-state index is 0.0857. The van der Waals surface area contributed by atoms with Gasteiger partial charge < -0.3 is 10.6 Å². The summed E-state index contributed by atoms with van der Waals surface area (Å²) in [6, 6.07) is 0. The lowest BCUT2D eigenvalue weighted by Gasteiger charge is -2.04. The van der Waals surface area contributed by atoms with Gasteiger partial charge in [0, 0.05) is 25.9 Å². The fourth-order valence-electron chi connectivity index (χ4n) is 0.956. The molecule has 0 heterocycles. The molecule has 2 N–H and O–H groups in total. The van der Waals surface area contributed by atoms with Crippen LogP contribution >= 0.6 is 0 Å². The zero-order valence-corrected chi connectivity index (χ0v) is 9.06. The van der Waals surface area contributed by atoms with Gasteiger partial charge in [0.25, 0.3) is 0 Å². The molecule has 0 rings (SSSR count). The molecule has 0 saturated carbocycles. The Morgan fingerprint density at radius 3 is 1.50 bits per heavy atom. The fourth-order valence-corrected chi connectivity index (χ4v) is 0.956. The maximum atomic E-state index is 10.8. The van der Waals surface area contributed by atoms with Crippen LogP contribution in [-0.2, 0) is 9.59 Å². The van der Waals surface area contributed by atoms with E-state index in [0.29, 0.717) is 25.9 Å². The van der Waals surface area contributed by atoms with Crippen LogP contribution < -0.4 is 10.6 Å². The highest BCUT2D eigenvalue weighted by Crippen LogP contribution is 1.86. The minimum Gasteiger partial charge on any atom is -0.356 e. The van der Waals surface area contributed by atoms with Crippen molar-refractivity contribution in [1.82, 2.24) is 10.6 Å². The third-order valence-electron chi connectivity index (χ3n) is 1.89. The van der Waals surface area contributed by atoms with Crippen molar-refractivity contribution >= 4 is 11.8 Å². The molecule has 0 aromatic carbocycles. The van der Waals surface area contributed by atoms with Crippen LogP contribution in [0.3, 0.4) is 0 Å². The topological polar surface area (TPSA) is 58.2 Å². The molecule has 0 aromatic rings. The Bertz CT molecular complexity index is 161. The van der Waals surface area contributed by atoms with Gasteiger partial charge in [-0.1, -0.05) is 13.8 Å². The molecule has 4 nitrogen and oxygen atoms in total. The van der Waals surface area contributed by atoms with E-state index < -0.39 is 0 Å². The Hall–Kier alpha value is -1.06. The summed E-state index contributed by atoms with van der Waals surface area (Å²) in [6.07, 6.45) is 2.89. The normalized spacial score (nSPS) is 9.57. The molecule has 2 amide bonds. The van der Waals surface area contributed by atoms with E-state index in [-0.39, 0.29) is 11.8 Å². The first-order chi connectivity index (χ1) is 6.70. The summed E-state index contributed by atoms with van der Waals surface area (Å²) in [7, 11) is 0. The number of rotatable bonds is 7. The van der Waals surface area contributed by atoms with Crippen LogP contribution in [-0.4, -0.2) is 24.9 Å². The summed E-state index contributed by atoms with van der Waals surface area (Å²) in [5.41, 5.74) is 0. The number of carbonyl (C=O) groups is 2. The van der Waals surface area contributed by atoms with Gasteiger partial charge in [0.2, 0.25) is 11.8 Å². The molecule has 14 heavy (non-hydrogen) atoms. The molecule has 0 fully saturated rings. The van der Waals surface area contributed by atoms with Crippen molar-refractivity contribution < 1.29 is 9.59 Å². The molecule has 0 aliphatic rings. The van der Waals surface area contributed by atoms with Crippen molar-refractivity contribution in [3.8, 4) is 0 Å². The quantitative estimate of drug-likeness (QED) is 0.598. The highest BCUT2D eigenvalue weighted by atomic mass is 16.2. The number of nitrogens with one attached hydrogen (secondary N) is 2. The first-order valence-electron chi connectivity index (χ1n) is 5.24. The monoisotopic (exact) mass is 200 g/mol. The number of hydrogen-bond donors (Lipinski definition) is 2. The van der Waals surface area contributed by atoms with E-state index >= 15 is 0 Å². The predicted molar refractivity (Wildman–Crippen MR) is 55.8 cm³/mol. The number of unbranched alkanes of at least 4 members (excludes halogenated alkanes) is 1. The Kier molecular flexibility index (Phi) is 7.89. The summed E-state index contributed by atoms with van der Waals surface area (Å²) in [4.78, 5) is 21.6. The first kappa shape index (κ1) is 12.9. The number of hydrogen-bond acceptors (Lipinski definition) is 2. The zero-order chi connectivity index (χ0) is 10.8. The maximum Gasteiger partial charge on any atom is 0.219 e. The molecule has 0 saturated heterocycles. The molecule has 0 aliphatic carbocycles. The van der Waals surface area contributed by atoms with Gasteiger partial charge in [-0.3, -0.25) is 9.59 Å². The summed E-state index contributed by atoms with van der Waals surface area (Å²) in [5, 5.41) is 5.57. The highest BCUT2D eigenvalue weighted by molar-refractivity contribution is 5.75. The lowest BCUT2D eigenvalue weighted by atomic mass is 10.3. The van der Waals surface area contributed by atoms with Crippen molar-refractivity contribution in [2.75, 3.05) is 13.1 Å². The fraction of sp³-hybridized carbons (Fsp3) is 0.800. The molecule has 0 radical (unpaired) electrons. The lowest BCUT2D eigenvalue weighted by molar-refractivity contribution is -0.121. The van der Waals surface area contributed by atoms with Crippen LogP contribution in [0.4, 0.5) is 0 Å². The molecular formula is C10H20N2O2. The van der Waals surface area contributed by atoms with Crippen molar-refractivity contribution in [2.24, 2.45) is 0 Å². The summed E-state index contributed by atoms with van der Waals surface area (Å²) in [6.45, 7) is 5.07. The first-order valence-corrected chi connectivity index (χ1v) is 5.24. The Morgan fingerprint density at radius 2 is 1.21 bits per heavy atom. The molecule has 0 bridgehead atoms. The summed E-state index contributed by atoms with van der Waals surface area (Å²) in [5.74, 6) is 0.171. The molecule has 0 spiro atoms. The summed E-state index contributed by atoms with van der Waals surface area (Å²) >= 11 is 0. The van der Waals surface area contributed by atoms with Crippen molar-refractivity contribution in [2.45, 2.75) is 39.5 Å². The van der Waals surface area contributed by atoms with Gasteiger partial charge in [-0.15, -0.1) is 0 Å². The van der Waals surface area contributed by atoms with Gasteiger partial charge >= 0.3 is 0 Å².